The Bertz CT molecular complexity index is 927. The summed E-state index contributed by atoms with van der Waals surface area (Å²) in [6.07, 6.45) is 1.20. The molecule has 0 aliphatic carbocycles. The van der Waals surface area contributed by atoms with Crippen molar-refractivity contribution < 1.29 is 13.2 Å². The summed E-state index contributed by atoms with van der Waals surface area (Å²) in [4.78, 5) is 0.298. The number of rotatable bonds is 8. The lowest BCUT2D eigenvalue weighted by Crippen LogP contribution is -2.07. The van der Waals surface area contributed by atoms with Gasteiger partial charge in [0.05, 0.1) is 10.6 Å². The molecule has 0 unspecified atom stereocenters. The number of aromatic nitrogens is 4. The van der Waals surface area contributed by atoms with Crippen molar-refractivity contribution in [2.24, 2.45) is 0 Å². The van der Waals surface area contributed by atoms with Crippen LogP contribution in [0.25, 0.3) is 0 Å². The van der Waals surface area contributed by atoms with E-state index in [1.54, 1.807) is 12.1 Å². The van der Waals surface area contributed by atoms with Crippen molar-refractivity contribution in [1.82, 2.24) is 20.6 Å². The van der Waals surface area contributed by atoms with E-state index in [1.807, 2.05) is 24.3 Å². The van der Waals surface area contributed by atoms with Crippen LogP contribution in [0, 0.1) is 0 Å². The number of halogens is 1. The van der Waals surface area contributed by atoms with Crippen molar-refractivity contribution >= 4 is 21.4 Å². The van der Waals surface area contributed by atoms with Crippen molar-refractivity contribution in [2.45, 2.75) is 24.3 Å². The highest BCUT2D eigenvalue weighted by Crippen LogP contribution is 2.18. The predicted octanol–water partition coefficient (Wildman–Crippen LogP) is 2.84. The SMILES string of the molecule is O=S(=O)(CCCc1ccc(OCc2nn[nH]n2)cc1)c1ccc(Cl)cc1. The van der Waals surface area contributed by atoms with Gasteiger partial charge in [0.15, 0.2) is 16.4 Å². The Labute approximate surface area is 156 Å². The zero-order valence-electron chi connectivity index (χ0n) is 13.8. The van der Waals surface area contributed by atoms with Gasteiger partial charge in [0, 0.05) is 5.02 Å². The summed E-state index contributed by atoms with van der Waals surface area (Å²) in [5.41, 5.74) is 1.04. The van der Waals surface area contributed by atoms with E-state index in [1.165, 1.54) is 12.1 Å². The molecule has 2 aromatic carbocycles. The highest BCUT2D eigenvalue weighted by atomic mass is 35.5. The van der Waals surface area contributed by atoms with Crippen LogP contribution in [0.4, 0.5) is 0 Å². The molecule has 136 valence electrons. The van der Waals surface area contributed by atoms with Gasteiger partial charge in [-0.15, -0.1) is 10.2 Å². The van der Waals surface area contributed by atoms with Gasteiger partial charge >= 0.3 is 0 Å². The molecule has 0 fully saturated rings. The number of nitrogens with zero attached hydrogens (tertiary/aromatic N) is 3. The van der Waals surface area contributed by atoms with Crippen molar-refractivity contribution in [3.63, 3.8) is 0 Å². The van der Waals surface area contributed by atoms with Crippen molar-refractivity contribution in [3.05, 3.63) is 64.9 Å². The summed E-state index contributed by atoms with van der Waals surface area (Å²) in [5, 5.41) is 13.9. The fourth-order valence-electron chi connectivity index (χ4n) is 2.37. The van der Waals surface area contributed by atoms with Crippen molar-refractivity contribution in [1.29, 1.82) is 0 Å². The zero-order chi connectivity index (χ0) is 18.4. The van der Waals surface area contributed by atoms with E-state index in [2.05, 4.69) is 20.6 Å². The first-order valence-electron chi connectivity index (χ1n) is 7.95. The Morgan fingerprint density at radius 3 is 2.42 bits per heavy atom. The number of nitrogens with one attached hydrogen (secondary N) is 1. The first-order valence-corrected chi connectivity index (χ1v) is 9.98. The maximum absolute atomic E-state index is 12.3. The first-order chi connectivity index (χ1) is 12.5. The number of H-pyrrole nitrogens is 1. The summed E-state index contributed by atoms with van der Waals surface area (Å²) in [6.45, 7) is 0.231. The largest absolute Gasteiger partial charge is 0.485 e. The Morgan fingerprint density at radius 1 is 1.04 bits per heavy atom. The van der Waals surface area contributed by atoms with Gasteiger partial charge in [0.25, 0.3) is 0 Å². The molecule has 0 aliphatic rings. The standard InChI is InChI=1S/C17H17ClN4O3S/c18-14-5-9-16(10-6-14)26(23,24)11-1-2-13-3-7-15(8-4-13)25-12-17-19-21-22-20-17/h3-10H,1-2,11-12H2,(H,19,20,21,22). The second kappa shape index (κ2) is 8.29. The molecule has 7 nitrogen and oxygen atoms in total. The molecule has 1 N–H and O–H groups in total. The summed E-state index contributed by atoms with van der Waals surface area (Å²) >= 11 is 5.79. The quantitative estimate of drug-likeness (QED) is 0.633. The average Bonchev–Trinajstić information content (AvgIpc) is 3.15. The highest BCUT2D eigenvalue weighted by molar-refractivity contribution is 7.91. The van der Waals surface area contributed by atoms with Gasteiger partial charge < -0.3 is 4.74 Å². The van der Waals surface area contributed by atoms with Crippen molar-refractivity contribution in [2.75, 3.05) is 5.75 Å². The molecule has 3 aromatic rings. The summed E-state index contributed by atoms with van der Waals surface area (Å²) in [7, 11) is -3.30. The number of aromatic amines is 1. The summed E-state index contributed by atoms with van der Waals surface area (Å²) < 4.78 is 30.1. The number of hydrogen-bond donors (Lipinski definition) is 1. The molecule has 0 atom stereocenters. The minimum atomic E-state index is -3.30. The smallest absolute Gasteiger partial charge is 0.211 e. The van der Waals surface area contributed by atoms with Gasteiger partial charge in [0.2, 0.25) is 5.82 Å². The molecule has 3 rings (SSSR count). The van der Waals surface area contributed by atoms with E-state index in [-0.39, 0.29) is 12.4 Å². The Hall–Kier alpha value is -2.45. The molecule has 1 aromatic heterocycles. The van der Waals surface area contributed by atoms with Crippen molar-refractivity contribution in [3.8, 4) is 5.75 Å². The topological polar surface area (TPSA) is 97.8 Å². The molecule has 26 heavy (non-hydrogen) atoms. The molecule has 1 heterocycles. The van der Waals surface area contributed by atoms with Crippen LogP contribution in [0.2, 0.25) is 5.02 Å². The van der Waals surface area contributed by atoms with Gasteiger partial charge in [-0.3, -0.25) is 0 Å². The number of benzene rings is 2. The molecule has 0 radical (unpaired) electrons. The normalized spacial score (nSPS) is 11.4. The Morgan fingerprint density at radius 2 is 1.77 bits per heavy atom. The number of tetrazole rings is 1. The molecule has 0 spiro atoms. The van der Waals surface area contributed by atoms with Crippen LogP contribution in [-0.2, 0) is 22.9 Å². The summed E-state index contributed by atoms with van der Waals surface area (Å²) in [5.74, 6) is 1.25. The monoisotopic (exact) mass is 392 g/mol. The lowest BCUT2D eigenvalue weighted by atomic mass is 10.1. The fourth-order valence-corrected chi connectivity index (χ4v) is 3.81. The van der Waals surface area contributed by atoms with Gasteiger partial charge in [0.1, 0.15) is 5.75 Å². The maximum atomic E-state index is 12.3. The third kappa shape index (κ3) is 5.03. The van der Waals surface area contributed by atoms with Gasteiger partial charge in [-0.2, -0.15) is 5.21 Å². The van der Waals surface area contributed by atoms with E-state index in [4.69, 9.17) is 16.3 Å². The molecular weight excluding hydrogens is 376 g/mol. The van der Waals surface area contributed by atoms with Crippen LogP contribution < -0.4 is 4.74 Å². The highest BCUT2D eigenvalue weighted by Gasteiger charge is 2.13. The number of ether oxygens (including phenoxy) is 1. The Kier molecular flexibility index (Phi) is 5.85. The van der Waals surface area contributed by atoms with Crippen LogP contribution >= 0.6 is 11.6 Å². The van der Waals surface area contributed by atoms with E-state index in [9.17, 15) is 8.42 Å². The van der Waals surface area contributed by atoms with Gasteiger partial charge in [-0.25, -0.2) is 8.42 Å². The molecule has 0 amide bonds. The van der Waals surface area contributed by atoms with E-state index in [0.29, 0.717) is 34.3 Å². The van der Waals surface area contributed by atoms with E-state index < -0.39 is 9.84 Å². The number of sulfone groups is 1. The van der Waals surface area contributed by atoms with Gasteiger partial charge in [-0.05, 0) is 54.8 Å². The lowest BCUT2D eigenvalue weighted by Gasteiger charge is -2.07. The number of hydrogen-bond acceptors (Lipinski definition) is 6. The lowest BCUT2D eigenvalue weighted by molar-refractivity contribution is 0.296. The number of aryl methyl sites for hydroxylation is 1. The van der Waals surface area contributed by atoms with E-state index in [0.717, 1.165) is 5.56 Å². The zero-order valence-corrected chi connectivity index (χ0v) is 15.4. The summed E-state index contributed by atoms with van der Waals surface area (Å²) in [6, 6.07) is 13.7. The second-order valence-corrected chi connectivity index (χ2v) is 8.18. The average molecular weight is 393 g/mol. The van der Waals surface area contributed by atoms with Crippen LogP contribution in [0.15, 0.2) is 53.4 Å². The molecule has 9 heteroatoms. The minimum absolute atomic E-state index is 0.0880. The third-order valence-electron chi connectivity index (χ3n) is 3.73. The molecule has 0 saturated carbocycles. The van der Waals surface area contributed by atoms with Crippen LogP contribution in [-0.4, -0.2) is 34.8 Å². The minimum Gasteiger partial charge on any atom is -0.485 e. The maximum Gasteiger partial charge on any atom is 0.211 e. The molecule has 0 aliphatic heterocycles. The predicted molar refractivity (Wildman–Crippen MR) is 96.8 cm³/mol. The third-order valence-corrected chi connectivity index (χ3v) is 5.80. The first kappa shape index (κ1) is 18.3. The van der Waals surface area contributed by atoms with E-state index >= 15 is 0 Å². The second-order valence-electron chi connectivity index (χ2n) is 5.64. The Balaban J connectivity index is 1.49. The van der Waals surface area contributed by atoms with Crippen LogP contribution in [0.1, 0.15) is 17.8 Å². The van der Waals surface area contributed by atoms with Crippen LogP contribution in [0.3, 0.4) is 0 Å². The van der Waals surface area contributed by atoms with Crippen LogP contribution in [0.5, 0.6) is 5.75 Å². The fraction of sp³-hybridized carbons (Fsp3) is 0.235. The molecular formula is C17H17ClN4O3S. The molecule has 0 bridgehead atoms. The molecule has 0 saturated heterocycles. The van der Waals surface area contributed by atoms with Gasteiger partial charge in [-0.1, -0.05) is 28.9 Å².